The highest BCUT2D eigenvalue weighted by atomic mass is 79.9. The summed E-state index contributed by atoms with van der Waals surface area (Å²) < 4.78 is 70.1. The Morgan fingerprint density at radius 1 is 1.20 bits per heavy atom. The Morgan fingerprint density at radius 3 is 2.15 bits per heavy atom. The molecular formula is C12H13BrF5NO. The lowest BCUT2D eigenvalue weighted by Gasteiger charge is -2.29. The molecule has 0 saturated carbocycles. The van der Waals surface area contributed by atoms with Gasteiger partial charge in [-0.15, -0.1) is 0 Å². The summed E-state index contributed by atoms with van der Waals surface area (Å²) in [5.74, 6) is -4.96. The summed E-state index contributed by atoms with van der Waals surface area (Å²) in [6.07, 6.45) is -5.66. The van der Waals surface area contributed by atoms with Crippen molar-refractivity contribution in [1.82, 2.24) is 5.32 Å². The number of hydrogen-bond acceptors (Lipinski definition) is 2. The van der Waals surface area contributed by atoms with Gasteiger partial charge in [0.15, 0.2) is 0 Å². The van der Waals surface area contributed by atoms with E-state index in [1.54, 1.807) is 6.92 Å². The number of benzene rings is 1. The number of hydrogen-bond donors (Lipinski definition) is 1. The van der Waals surface area contributed by atoms with Crippen LogP contribution in [-0.2, 0) is 0 Å². The predicted octanol–water partition coefficient (Wildman–Crippen LogP) is 4.22. The predicted molar refractivity (Wildman–Crippen MR) is 68.2 cm³/mol. The van der Waals surface area contributed by atoms with Crippen molar-refractivity contribution in [3.05, 3.63) is 27.7 Å². The maximum absolute atomic E-state index is 13.6. The molecule has 0 aliphatic rings. The molecule has 0 aliphatic heterocycles. The van der Waals surface area contributed by atoms with Gasteiger partial charge < -0.3 is 10.1 Å². The van der Waals surface area contributed by atoms with E-state index >= 15 is 0 Å². The molecular weight excluding hydrogens is 349 g/mol. The summed E-state index contributed by atoms with van der Waals surface area (Å²) in [4.78, 5) is 0. The molecule has 0 heterocycles. The van der Waals surface area contributed by atoms with Crippen LogP contribution in [0.2, 0.25) is 0 Å². The fourth-order valence-electron chi connectivity index (χ4n) is 1.77. The second-order valence-electron chi connectivity index (χ2n) is 4.19. The largest absolute Gasteiger partial charge is 0.496 e. The van der Waals surface area contributed by atoms with Crippen molar-refractivity contribution in [2.45, 2.75) is 25.1 Å². The number of aryl methyl sites for hydroxylation is 1. The Balaban J connectivity index is 3.43. The van der Waals surface area contributed by atoms with E-state index in [4.69, 9.17) is 4.74 Å². The summed E-state index contributed by atoms with van der Waals surface area (Å²) in [5.41, 5.74) is 0.394. The van der Waals surface area contributed by atoms with E-state index in [1.165, 1.54) is 19.2 Å². The van der Waals surface area contributed by atoms with Crippen LogP contribution in [0.15, 0.2) is 16.6 Å². The van der Waals surface area contributed by atoms with E-state index < -0.39 is 18.1 Å². The van der Waals surface area contributed by atoms with Gasteiger partial charge in [-0.05, 0) is 31.7 Å². The maximum Gasteiger partial charge on any atom is 0.455 e. The molecule has 0 aliphatic carbocycles. The second-order valence-corrected chi connectivity index (χ2v) is 5.04. The van der Waals surface area contributed by atoms with Crippen LogP contribution in [-0.4, -0.2) is 26.3 Å². The molecule has 0 saturated heterocycles. The first-order valence-electron chi connectivity index (χ1n) is 5.52. The number of methoxy groups -OCH3 is 1. The average molecular weight is 362 g/mol. The van der Waals surface area contributed by atoms with E-state index in [2.05, 4.69) is 15.9 Å². The van der Waals surface area contributed by atoms with Crippen LogP contribution in [0.25, 0.3) is 0 Å². The summed E-state index contributed by atoms with van der Waals surface area (Å²) in [7, 11) is 2.25. The van der Waals surface area contributed by atoms with Gasteiger partial charge in [0.25, 0.3) is 0 Å². The summed E-state index contributed by atoms with van der Waals surface area (Å²) in [6, 6.07) is 0.361. The average Bonchev–Trinajstić information content (AvgIpc) is 2.32. The van der Waals surface area contributed by atoms with Crippen molar-refractivity contribution >= 4 is 15.9 Å². The van der Waals surface area contributed by atoms with E-state index in [0.717, 1.165) is 7.05 Å². The lowest BCUT2D eigenvalue weighted by atomic mass is 9.98. The normalized spacial score (nSPS) is 14.2. The topological polar surface area (TPSA) is 21.3 Å². The molecule has 8 heteroatoms. The minimum absolute atomic E-state index is 0.0334. The van der Waals surface area contributed by atoms with Gasteiger partial charge in [-0.25, -0.2) is 0 Å². The van der Waals surface area contributed by atoms with Crippen molar-refractivity contribution in [2.24, 2.45) is 0 Å². The van der Waals surface area contributed by atoms with Crippen molar-refractivity contribution in [3.63, 3.8) is 0 Å². The molecule has 2 nitrogen and oxygen atoms in total. The lowest BCUT2D eigenvalue weighted by molar-refractivity contribution is -0.294. The molecule has 0 bridgehead atoms. The Labute approximate surface area is 121 Å². The highest BCUT2D eigenvalue weighted by molar-refractivity contribution is 9.10. The third kappa shape index (κ3) is 3.06. The van der Waals surface area contributed by atoms with Gasteiger partial charge >= 0.3 is 12.1 Å². The summed E-state index contributed by atoms with van der Waals surface area (Å²) in [5, 5.41) is 2.02. The first kappa shape index (κ1) is 17.2. The molecule has 0 aromatic heterocycles. The number of nitrogens with one attached hydrogen (secondary N) is 1. The quantitative estimate of drug-likeness (QED) is 0.810. The molecule has 1 aromatic rings. The standard InChI is InChI=1S/C12H13BrF5NO/c1-6-4-9(20-3)7(5-8(6)13)10(19-2)11(14,15)12(16,17)18/h4-5,10,19H,1-3H3. The zero-order valence-corrected chi connectivity index (χ0v) is 12.5. The SMILES string of the molecule is CNC(c1cc(Br)c(C)cc1OC)C(F)(F)C(F)(F)F. The van der Waals surface area contributed by atoms with Gasteiger partial charge in [0.2, 0.25) is 0 Å². The monoisotopic (exact) mass is 361 g/mol. The third-order valence-corrected chi connectivity index (χ3v) is 3.71. The van der Waals surface area contributed by atoms with Gasteiger partial charge in [0.1, 0.15) is 11.8 Å². The first-order valence-corrected chi connectivity index (χ1v) is 6.31. The molecule has 0 radical (unpaired) electrons. The molecule has 0 spiro atoms. The molecule has 114 valence electrons. The maximum atomic E-state index is 13.6. The summed E-state index contributed by atoms with van der Waals surface area (Å²) >= 11 is 3.11. The second kappa shape index (κ2) is 5.85. The van der Waals surface area contributed by atoms with Gasteiger partial charge in [-0.2, -0.15) is 22.0 Å². The first-order chi connectivity index (χ1) is 9.06. The number of halogens is 6. The van der Waals surface area contributed by atoms with Gasteiger partial charge in [-0.3, -0.25) is 0 Å². The lowest BCUT2D eigenvalue weighted by Crippen LogP contribution is -2.47. The van der Waals surface area contributed by atoms with Gasteiger partial charge in [0, 0.05) is 10.0 Å². The molecule has 1 aromatic carbocycles. The van der Waals surface area contributed by atoms with Crippen molar-refractivity contribution < 1.29 is 26.7 Å². The van der Waals surface area contributed by atoms with E-state index in [9.17, 15) is 22.0 Å². The molecule has 1 atom stereocenters. The zero-order chi connectivity index (χ0) is 15.7. The van der Waals surface area contributed by atoms with E-state index in [-0.39, 0.29) is 11.3 Å². The Morgan fingerprint density at radius 2 is 1.75 bits per heavy atom. The number of ether oxygens (including phenoxy) is 1. The van der Waals surface area contributed by atoms with Crippen LogP contribution >= 0.6 is 15.9 Å². The molecule has 0 fully saturated rings. The molecule has 1 rings (SSSR count). The zero-order valence-electron chi connectivity index (χ0n) is 10.9. The van der Waals surface area contributed by atoms with Gasteiger partial charge in [0.05, 0.1) is 7.11 Å². The molecule has 1 unspecified atom stereocenters. The smallest absolute Gasteiger partial charge is 0.455 e. The Hall–Kier alpha value is -0.890. The molecule has 1 N–H and O–H groups in total. The molecule has 20 heavy (non-hydrogen) atoms. The van der Waals surface area contributed by atoms with Crippen molar-refractivity contribution in [3.8, 4) is 5.75 Å². The Kier molecular flexibility index (Phi) is 5.02. The van der Waals surface area contributed by atoms with E-state index in [1.807, 2.05) is 5.32 Å². The van der Waals surface area contributed by atoms with E-state index in [0.29, 0.717) is 10.0 Å². The highest BCUT2D eigenvalue weighted by Gasteiger charge is 2.62. The fraction of sp³-hybridized carbons (Fsp3) is 0.500. The molecule has 0 amide bonds. The Bertz CT molecular complexity index is 489. The third-order valence-electron chi connectivity index (χ3n) is 2.85. The fourth-order valence-corrected chi connectivity index (χ4v) is 2.13. The van der Waals surface area contributed by atoms with Crippen LogP contribution in [0.3, 0.4) is 0 Å². The number of rotatable bonds is 4. The summed E-state index contributed by atoms with van der Waals surface area (Å²) in [6.45, 7) is 1.67. The van der Waals surface area contributed by atoms with Crippen molar-refractivity contribution in [1.29, 1.82) is 0 Å². The van der Waals surface area contributed by atoms with Crippen LogP contribution in [0, 0.1) is 6.92 Å². The van der Waals surface area contributed by atoms with Crippen LogP contribution in [0.1, 0.15) is 17.2 Å². The highest BCUT2D eigenvalue weighted by Crippen LogP contribution is 2.47. The van der Waals surface area contributed by atoms with Crippen LogP contribution in [0.4, 0.5) is 22.0 Å². The minimum Gasteiger partial charge on any atom is -0.496 e. The van der Waals surface area contributed by atoms with Crippen molar-refractivity contribution in [2.75, 3.05) is 14.2 Å². The van der Waals surface area contributed by atoms with Crippen LogP contribution in [0.5, 0.6) is 5.75 Å². The van der Waals surface area contributed by atoms with Gasteiger partial charge in [-0.1, -0.05) is 15.9 Å². The minimum atomic E-state index is -5.66. The number of alkyl halides is 5. The van der Waals surface area contributed by atoms with Crippen LogP contribution < -0.4 is 10.1 Å².